The maximum absolute atomic E-state index is 11.2. The number of ether oxygens (including phenoxy) is 1. The smallest absolute Gasteiger partial charge is 0.239 e. The van der Waals surface area contributed by atoms with Gasteiger partial charge in [-0.25, -0.2) is 13.6 Å². The van der Waals surface area contributed by atoms with Gasteiger partial charge in [-0.15, -0.1) is 0 Å². The molecule has 0 bridgehead atoms. The largest absolute Gasteiger partial charge is 0.492 e. The van der Waals surface area contributed by atoms with Crippen LogP contribution in [0.15, 0.2) is 17.0 Å². The van der Waals surface area contributed by atoms with Crippen LogP contribution < -0.4 is 15.2 Å². The van der Waals surface area contributed by atoms with Crippen molar-refractivity contribution >= 4 is 39.1 Å². The zero-order valence-corrected chi connectivity index (χ0v) is 13.0. The predicted molar refractivity (Wildman–Crippen MR) is 76.6 cm³/mol. The molecule has 1 rings (SSSR count). The summed E-state index contributed by atoms with van der Waals surface area (Å²) in [4.78, 5) is 10.7. The van der Waals surface area contributed by atoms with Crippen LogP contribution in [0.25, 0.3) is 0 Å². The summed E-state index contributed by atoms with van der Waals surface area (Å²) in [5.41, 5.74) is 0. The second-order valence-electron chi connectivity index (χ2n) is 3.86. The van der Waals surface area contributed by atoms with Crippen LogP contribution >= 0.6 is 23.2 Å². The highest BCUT2D eigenvalue weighted by atomic mass is 35.5. The lowest BCUT2D eigenvalue weighted by Crippen LogP contribution is -2.18. The first kappa shape index (κ1) is 17.0. The number of nitrogens with two attached hydrogens (primary N) is 1. The van der Waals surface area contributed by atoms with Crippen molar-refractivity contribution in [1.29, 1.82) is 0 Å². The molecule has 3 N–H and O–H groups in total. The molecule has 0 aliphatic rings. The monoisotopic (exact) mass is 340 g/mol. The third-order valence-corrected chi connectivity index (χ3v) is 4.33. The molecule has 0 aliphatic heterocycles. The van der Waals surface area contributed by atoms with E-state index in [0.717, 1.165) is 0 Å². The number of carbonyl (C=O) groups is 1. The van der Waals surface area contributed by atoms with Crippen molar-refractivity contribution in [3.63, 3.8) is 0 Å². The molecule has 9 heteroatoms. The normalized spacial score (nSPS) is 11.2. The zero-order valence-electron chi connectivity index (χ0n) is 10.7. The molecule has 1 amide bonds. The van der Waals surface area contributed by atoms with Crippen molar-refractivity contribution in [3.8, 4) is 5.75 Å². The molecular weight excluding hydrogens is 327 g/mol. The van der Waals surface area contributed by atoms with E-state index in [1.807, 2.05) is 0 Å². The highest BCUT2D eigenvalue weighted by Gasteiger charge is 2.18. The van der Waals surface area contributed by atoms with Crippen molar-refractivity contribution in [2.24, 2.45) is 5.14 Å². The summed E-state index contributed by atoms with van der Waals surface area (Å²) < 4.78 is 27.8. The third kappa shape index (κ3) is 4.52. The summed E-state index contributed by atoms with van der Waals surface area (Å²) in [6.45, 7) is 0.248. The average molecular weight is 341 g/mol. The molecule has 1 aromatic rings. The fraction of sp³-hybridized carbons (Fsp3) is 0.364. The molecule has 0 saturated heterocycles. The first-order valence-electron chi connectivity index (χ1n) is 5.61. The molecule has 0 atom stereocenters. The molecule has 20 heavy (non-hydrogen) atoms. The van der Waals surface area contributed by atoms with Crippen molar-refractivity contribution in [2.75, 3.05) is 13.7 Å². The standard InChI is InChI=1S/C11H14Cl2N2O4S/c1-15-9(16)3-2-6-19-7-4-5-8(20(14,17)18)11(13)10(7)12/h4-5H,2-3,6H2,1H3,(H,15,16)(H2,14,17,18). The number of hydrogen-bond donors (Lipinski definition) is 2. The second-order valence-corrected chi connectivity index (χ2v) is 6.15. The molecule has 6 nitrogen and oxygen atoms in total. The van der Waals surface area contributed by atoms with Gasteiger partial charge in [-0.2, -0.15) is 0 Å². The predicted octanol–water partition coefficient (Wildman–Crippen LogP) is 1.55. The molecule has 0 spiro atoms. The van der Waals surface area contributed by atoms with E-state index in [1.54, 1.807) is 7.05 Å². The van der Waals surface area contributed by atoms with Crippen LogP contribution in [0, 0.1) is 0 Å². The lowest BCUT2D eigenvalue weighted by Gasteiger charge is -2.10. The maximum Gasteiger partial charge on any atom is 0.239 e. The highest BCUT2D eigenvalue weighted by molar-refractivity contribution is 7.89. The van der Waals surface area contributed by atoms with Gasteiger partial charge < -0.3 is 10.1 Å². The molecule has 0 aromatic heterocycles. The van der Waals surface area contributed by atoms with Crippen molar-refractivity contribution < 1.29 is 17.9 Å². The van der Waals surface area contributed by atoms with Gasteiger partial charge in [0.05, 0.1) is 11.6 Å². The number of primary sulfonamides is 1. The Morgan fingerprint density at radius 3 is 2.55 bits per heavy atom. The Hall–Kier alpha value is -1.02. The van der Waals surface area contributed by atoms with Gasteiger partial charge in [-0.1, -0.05) is 23.2 Å². The van der Waals surface area contributed by atoms with Crippen LogP contribution in [0.3, 0.4) is 0 Å². The van der Waals surface area contributed by atoms with E-state index in [0.29, 0.717) is 12.8 Å². The topological polar surface area (TPSA) is 98.5 Å². The quantitative estimate of drug-likeness (QED) is 0.767. The number of sulfonamides is 1. The maximum atomic E-state index is 11.2. The van der Waals surface area contributed by atoms with Gasteiger partial charge in [0, 0.05) is 13.5 Å². The van der Waals surface area contributed by atoms with Crippen molar-refractivity contribution in [1.82, 2.24) is 5.32 Å². The molecule has 0 aliphatic carbocycles. The second kappa shape index (κ2) is 7.12. The lowest BCUT2D eigenvalue weighted by atomic mass is 10.3. The summed E-state index contributed by atoms with van der Waals surface area (Å²) in [7, 11) is -2.39. The van der Waals surface area contributed by atoms with Gasteiger partial charge >= 0.3 is 0 Å². The fourth-order valence-corrected chi connectivity index (χ4v) is 2.75. The summed E-state index contributed by atoms with van der Waals surface area (Å²) in [6, 6.07) is 2.59. The fourth-order valence-electron chi connectivity index (χ4n) is 1.39. The first-order chi connectivity index (χ1) is 9.27. The lowest BCUT2D eigenvalue weighted by molar-refractivity contribution is -0.120. The van der Waals surface area contributed by atoms with Gasteiger partial charge in [-0.05, 0) is 18.6 Å². The van der Waals surface area contributed by atoms with Crippen LogP contribution in [0.1, 0.15) is 12.8 Å². The summed E-state index contributed by atoms with van der Waals surface area (Å²) in [5.74, 6) is 0.142. The number of benzene rings is 1. The number of rotatable bonds is 6. The van der Waals surface area contributed by atoms with E-state index in [-0.39, 0.29) is 33.2 Å². The van der Waals surface area contributed by atoms with E-state index < -0.39 is 10.0 Å². The number of nitrogens with one attached hydrogen (secondary N) is 1. The minimum Gasteiger partial charge on any atom is -0.492 e. The highest BCUT2D eigenvalue weighted by Crippen LogP contribution is 2.36. The van der Waals surface area contributed by atoms with Crippen LogP contribution in [-0.4, -0.2) is 28.0 Å². The zero-order chi connectivity index (χ0) is 15.3. The number of amides is 1. The molecule has 0 radical (unpaired) electrons. The van der Waals surface area contributed by atoms with Gasteiger partial charge in [0.1, 0.15) is 15.7 Å². The molecule has 0 saturated carbocycles. The van der Waals surface area contributed by atoms with E-state index >= 15 is 0 Å². The number of carbonyl (C=O) groups excluding carboxylic acids is 1. The average Bonchev–Trinajstić information content (AvgIpc) is 2.37. The molecule has 1 aromatic carbocycles. The van der Waals surface area contributed by atoms with Crippen molar-refractivity contribution in [3.05, 3.63) is 22.2 Å². The van der Waals surface area contributed by atoms with Gasteiger partial charge in [-0.3, -0.25) is 4.79 Å². The third-order valence-electron chi connectivity index (χ3n) is 2.40. The van der Waals surface area contributed by atoms with Crippen LogP contribution in [0.5, 0.6) is 5.75 Å². The van der Waals surface area contributed by atoms with Crippen molar-refractivity contribution in [2.45, 2.75) is 17.7 Å². The molecule has 112 valence electrons. The van der Waals surface area contributed by atoms with Crippen LogP contribution in [0.4, 0.5) is 0 Å². The van der Waals surface area contributed by atoms with E-state index in [1.165, 1.54) is 12.1 Å². The SMILES string of the molecule is CNC(=O)CCCOc1ccc(S(N)(=O)=O)c(Cl)c1Cl. The molecule has 0 fully saturated rings. The summed E-state index contributed by atoms with van der Waals surface area (Å²) >= 11 is 11.8. The Labute approximate surface area is 127 Å². The van der Waals surface area contributed by atoms with Gasteiger partial charge in [0.2, 0.25) is 15.9 Å². The van der Waals surface area contributed by atoms with E-state index in [2.05, 4.69) is 5.32 Å². The van der Waals surface area contributed by atoms with Gasteiger partial charge in [0.15, 0.2) is 0 Å². The Bertz CT molecular complexity index is 605. The first-order valence-corrected chi connectivity index (χ1v) is 7.91. The minimum atomic E-state index is -3.94. The number of halogens is 2. The molecule has 0 unspecified atom stereocenters. The van der Waals surface area contributed by atoms with Crippen LogP contribution in [0.2, 0.25) is 10.0 Å². The van der Waals surface area contributed by atoms with E-state index in [9.17, 15) is 13.2 Å². The summed E-state index contributed by atoms with van der Waals surface area (Å²) in [5, 5.41) is 7.26. The minimum absolute atomic E-state index is 0.0295. The summed E-state index contributed by atoms with van der Waals surface area (Å²) in [6.07, 6.45) is 0.807. The Kier molecular flexibility index (Phi) is 6.07. The number of hydrogen-bond acceptors (Lipinski definition) is 4. The van der Waals surface area contributed by atoms with Crippen LogP contribution in [-0.2, 0) is 14.8 Å². The Morgan fingerprint density at radius 2 is 2.00 bits per heavy atom. The molecular formula is C11H14Cl2N2O4S. The van der Waals surface area contributed by atoms with Gasteiger partial charge in [0.25, 0.3) is 0 Å². The Balaban J connectivity index is 2.74. The molecule has 0 heterocycles. The Morgan fingerprint density at radius 1 is 1.35 bits per heavy atom. The van der Waals surface area contributed by atoms with E-state index in [4.69, 9.17) is 33.1 Å².